The minimum Gasteiger partial charge on any atom is -0.496 e. The topological polar surface area (TPSA) is 47.3 Å². The van der Waals surface area contributed by atoms with Gasteiger partial charge in [0.2, 0.25) is 0 Å². The van der Waals surface area contributed by atoms with Crippen LogP contribution in [0.4, 0.5) is 0 Å². The molecule has 1 unspecified atom stereocenters. The fourth-order valence-corrected chi connectivity index (χ4v) is 2.91. The van der Waals surface area contributed by atoms with Gasteiger partial charge in [0, 0.05) is 4.47 Å². The Morgan fingerprint density at radius 2 is 1.95 bits per heavy atom. The number of hydrazine groups is 1. The maximum atomic E-state index is 5.80. The summed E-state index contributed by atoms with van der Waals surface area (Å²) in [5, 5.41) is 0. The average molecular weight is 349 g/mol. The summed E-state index contributed by atoms with van der Waals surface area (Å²) in [6.07, 6.45) is 0.776. The van der Waals surface area contributed by atoms with E-state index in [1.54, 1.807) is 7.11 Å². The first-order valence-corrected chi connectivity index (χ1v) is 7.70. The van der Waals surface area contributed by atoms with Crippen LogP contribution in [0.2, 0.25) is 0 Å². The van der Waals surface area contributed by atoms with Crippen LogP contribution in [0.15, 0.2) is 40.9 Å². The molecule has 0 fully saturated rings. The molecule has 21 heavy (non-hydrogen) atoms. The summed E-state index contributed by atoms with van der Waals surface area (Å²) in [5.41, 5.74) is 7.70. The van der Waals surface area contributed by atoms with Crippen molar-refractivity contribution in [3.63, 3.8) is 0 Å². The van der Waals surface area contributed by atoms with Crippen molar-refractivity contribution in [2.45, 2.75) is 26.3 Å². The molecule has 2 aromatic carbocycles. The number of aryl methyl sites for hydroxylation is 2. The number of nitrogens with two attached hydrogens (primary N) is 1. The Hall–Kier alpha value is -1.36. The van der Waals surface area contributed by atoms with Crippen LogP contribution in [-0.2, 0) is 6.42 Å². The van der Waals surface area contributed by atoms with Gasteiger partial charge in [0.25, 0.3) is 0 Å². The molecular weight excluding hydrogens is 328 g/mol. The first-order valence-electron chi connectivity index (χ1n) is 6.91. The van der Waals surface area contributed by atoms with E-state index in [0.717, 1.165) is 22.2 Å². The predicted molar refractivity (Wildman–Crippen MR) is 90.4 cm³/mol. The molecule has 1 atom stereocenters. The molecule has 0 spiro atoms. The first-order chi connectivity index (χ1) is 10.0. The second-order valence-electron chi connectivity index (χ2n) is 5.24. The summed E-state index contributed by atoms with van der Waals surface area (Å²) in [4.78, 5) is 0. The number of hydrogen-bond donors (Lipinski definition) is 2. The quantitative estimate of drug-likeness (QED) is 0.637. The van der Waals surface area contributed by atoms with Crippen LogP contribution >= 0.6 is 15.9 Å². The minimum atomic E-state index is 0.0400. The number of methoxy groups -OCH3 is 1. The van der Waals surface area contributed by atoms with Gasteiger partial charge in [0.05, 0.1) is 13.2 Å². The van der Waals surface area contributed by atoms with Crippen LogP contribution in [0.1, 0.15) is 28.3 Å². The Labute approximate surface area is 134 Å². The molecule has 2 rings (SSSR count). The molecule has 0 aliphatic rings. The molecule has 3 N–H and O–H groups in total. The summed E-state index contributed by atoms with van der Waals surface area (Å²) in [7, 11) is 1.70. The van der Waals surface area contributed by atoms with E-state index in [0.29, 0.717) is 0 Å². The number of halogens is 1. The zero-order valence-electron chi connectivity index (χ0n) is 12.6. The van der Waals surface area contributed by atoms with Crippen LogP contribution in [0.3, 0.4) is 0 Å². The Morgan fingerprint density at radius 3 is 2.62 bits per heavy atom. The molecule has 0 saturated carbocycles. The van der Waals surface area contributed by atoms with E-state index in [4.69, 9.17) is 10.6 Å². The number of nitrogens with one attached hydrogen (secondary N) is 1. The highest BCUT2D eigenvalue weighted by atomic mass is 79.9. The molecule has 0 aromatic heterocycles. The van der Waals surface area contributed by atoms with Gasteiger partial charge in [-0.15, -0.1) is 0 Å². The lowest BCUT2D eigenvalue weighted by molar-refractivity contribution is 0.405. The van der Waals surface area contributed by atoms with E-state index in [-0.39, 0.29) is 6.04 Å². The van der Waals surface area contributed by atoms with Gasteiger partial charge in [0.15, 0.2) is 0 Å². The van der Waals surface area contributed by atoms with E-state index in [1.165, 1.54) is 16.7 Å². The lowest BCUT2D eigenvalue weighted by Crippen LogP contribution is -2.30. The Kier molecular flexibility index (Phi) is 5.39. The highest BCUT2D eigenvalue weighted by molar-refractivity contribution is 9.10. The third-order valence-electron chi connectivity index (χ3n) is 3.68. The van der Waals surface area contributed by atoms with E-state index in [2.05, 4.69) is 59.5 Å². The van der Waals surface area contributed by atoms with E-state index in [1.807, 2.05) is 12.1 Å². The van der Waals surface area contributed by atoms with Crippen molar-refractivity contribution in [1.29, 1.82) is 0 Å². The zero-order valence-corrected chi connectivity index (χ0v) is 14.2. The SMILES string of the molecule is COc1ccc(C)cc1CC(NN)c1cc(Br)ccc1C. The number of benzene rings is 2. The highest BCUT2D eigenvalue weighted by Gasteiger charge is 2.16. The molecule has 2 aromatic rings. The molecule has 0 amide bonds. The molecule has 3 nitrogen and oxygen atoms in total. The summed E-state index contributed by atoms with van der Waals surface area (Å²) in [5.74, 6) is 6.69. The fourth-order valence-electron chi connectivity index (χ4n) is 2.53. The van der Waals surface area contributed by atoms with E-state index < -0.39 is 0 Å². The lowest BCUT2D eigenvalue weighted by atomic mass is 9.95. The van der Waals surface area contributed by atoms with Crippen molar-refractivity contribution in [2.75, 3.05) is 7.11 Å². The Bertz CT molecular complexity index is 628. The van der Waals surface area contributed by atoms with Gasteiger partial charge in [-0.3, -0.25) is 11.3 Å². The molecule has 4 heteroatoms. The Morgan fingerprint density at radius 1 is 1.19 bits per heavy atom. The molecule has 0 radical (unpaired) electrons. The van der Waals surface area contributed by atoms with Crippen molar-refractivity contribution >= 4 is 15.9 Å². The van der Waals surface area contributed by atoms with Gasteiger partial charge in [-0.2, -0.15) is 0 Å². The number of ether oxygens (including phenoxy) is 1. The zero-order chi connectivity index (χ0) is 15.4. The van der Waals surface area contributed by atoms with Gasteiger partial charge in [0.1, 0.15) is 5.75 Å². The number of rotatable bonds is 5. The minimum absolute atomic E-state index is 0.0400. The third kappa shape index (κ3) is 3.84. The van der Waals surface area contributed by atoms with Gasteiger partial charge in [-0.05, 0) is 55.2 Å². The molecule has 0 heterocycles. The molecule has 0 saturated heterocycles. The molecule has 112 valence electrons. The monoisotopic (exact) mass is 348 g/mol. The van der Waals surface area contributed by atoms with Crippen LogP contribution in [0, 0.1) is 13.8 Å². The van der Waals surface area contributed by atoms with Crippen LogP contribution < -0.4 is 16.0 Å². The summed E-state index contributed by atoms with van der Waals surface area (Å²) in [6, 6.07) is 12.5. The second kappa shape index (κ2) is 7.07. The normalized spacial score (nSPS) is 12.2. The predicted octanol–water partition coefficient (Wildman–Crippen LogP) is 3.82. The van der Waals surface area contributed by atoms with Crippen molar-refractivity contribution in [3.05, 3.63) is 63.1 Å². The maximum absolute atomic E-state index is 5.80. The molecule has 0 aliphatic carbocycles. The van der Waals surface area contributed by atoms with Crippen molar-refractivity contribution in [1.82, 2.24) is 5.43 Å². The van der Waals surface area contributed by atoms with Gasteiger partial charge in [-0.1, -0.05) is 39.7 Å². The number of hydrogen-bond acceptors (Lipinski definition) is 3. The highest BCUT2D eigenvalue weighted by Crippen LogP contribution is 2.28. The van der Waals surface area contributed by atoms with Crippen LogP contribution in [-0.4, -0.2) is 7.11 Å². The second-order valence-corrected chi connectivity index (χ2v) is 6.16. The van der Waals surface area contributed by atoms with Crippen LogP contribution in [0.5, 0.6) is 5.75 Å². The molecule has 0 aliphatic heterocycles. The van der Waals surface area contributed by atoms with E-state index in [9.17, 15) is 0 Å². The van der Waals surface area contributed by atoms with Crippen molar-refractivity contribution in [3.8, 4) is 5.75 Å². The molecule has 0 bridgehead atoms. The maximum Gasteiger partial charge on any atom is 0.122 e. The van der Waals surface area contributed by atoms with Crippen LogP contribution in [0.25, 0.3) is 0 Å². The standard InChI is InChI=1S/C17H21BrN2O/c1-11-4-7-17(21-3)13(8-11)9-16(20-19)15-10-14(18)6-5-12(15)2/h4-8,10,16,20H,9,19H2,1-3H3. The average Bonchev–Trinajstić information content (AvgIpc) is 2.47. The molecular formula is C17H21BrN2O. The Balaban J connectivity index is 2.35. The summed E-state index contributed by atoms with van der Waals surface area (Å²) < 4.78 is 6.51. The van der Waals surface area contributed by atoms with E-state index >= 15 is 0 Å². The summed E-state index contributed by atoms with van der Waals surface area (Å²) in [6.45, 7) is 4.18. The van der Waals surface area contributed by atoms with Gasteiger partial charge < -0.3 is 4.74 Å². The van der Waals surface area contributed by atoms with Crippen molar-refractivity contribution < 1.29 is 4.74 Å². The fraction of sp³-hybridized carbons (Fsp3) is 0.294. The summed E-state index contributed by atoms with van der Waals surface area (Å²) >= 11 is 3.53. The lowest BCUT2D eigenvalue weighted by Gasteiger charge is -2.20. The third-order valence-corrected chi connectivity index (χ3v) is 4.17. The first kappa shape index (κ1) is 16.0. The van der Waals surface area contributed by atoms with Crippen molar-refractivity contribution in [2.24, 2.45) is 5.84 Å². The van der Waals surface area contributed by atoms with Gasteiger partial charge in [-0.25, -0.2) is 0 Å². The smallest absolute Gasteiger partial charge is 0.122 e. The largest absolute Gasteiger partial charge is 0.496 e. The van der Waals surface area contributed by atoms with Gasteiger partial charge >= 0.3 is 0 Å².